The summed E-state index contributed by atoms with van der Waals surface area (Å²) < 4.78 is 10.8. The molecule has 1 aromatic carbocycles. The quantitative estimate of drug-likeness (QED) is 0.460. The van der Waals surface area contributed by atoms with Gasteiger partial charge >= 0.3 is 0 Å². The van der Waals surface area contributed by atoms with Gasteiger partial charge in [0.15, 0.2) is 0 Å². The van der Waals surface area contributed by atoms with Crippen molar-refractivity contribution in [2.24, 2.45) is 0 Å². The van der Waals surface area contributed by atoms with E-state index in [0.717, 1.165) is 24.2 Å². The van der Waals surface area contributed by atoms with Crippen molar-refractivity contribution in [3.63, 3.8) is 0 Å². The summed E-state index contributed by atoms with van der Waals surface area (Å²) in [5.41, 5.74) is 0.956. The SMILES string of the molecule is CCCCOc1ccc(/C=C(\C#N)C(=O)N2CCOCC2)cc1. The van der Waals surface area contributed by atoms with Gasteiger partial charge < -0.3 is 14.4 Å². The monoisotopic (exact) mass is 314 g/mol. The van der Waals surface area contributed by atoms with Gasteiger partial charge in [-0.15, -0.1) is 0 Å². The van der Waals surface area contributed by atoms with E-state index in [9.17, 15) is 10.1 Å². The largest absolute Gasteiger partial charge is 0.494 e. The van der Waals surface area contributed by atoms with Crippen LogP contribution in [0.1, 0.15) is 25.3 Å². The molecule has 0 N–H and O–H groups in total. The summed E-state index contributed by atoms with van der Waals surface area (Å²) in [4.78, 5) is 14.0. The van der Waals surface area contributed by atoms with E-state index < -0.39 is 0 Å². The van der Waals surface area contributed by atoms with Gasteiger partial charge in [-0.3, -0.25) is 4.79 Å². The molecule has 5 nitrogen and oxygen atoms in total. The molecule has 0 unspecified atom stereocenters. The van der Waals surface area contributed by atoms with Crippen LogP contribution in [0.2, 0.25) is 0 Å². The summed E-state index contributed by atoms with van der Waals surface area (Å²) in [6.07, 6.45) is 3.73. The Labute approximate surface area is 137 Å². The minimum absolute atomic E-state index is 0.145. The second-order valence-electron chi connectivity index (χ2n) is 5.35. The van der Waals surface area contributed by atoms with Gasteiger partial charge in [0.25, 0.3) is 5.91 Å². The van der Waals surface area contributed by atoms with Crippen molar-refractivity contribution in [3.8, 4) is 11.8 Å². The maximum Gasteiger partial charge on any atom is 0.264 e. The first-order chi connectivity index (χ1) is 11.2. The molecule has 2 rings (SSSR count). The van der Waals surface area contributed by atoms with Gasteiger partial charge in [-0.1, -0.05) is 25.5 Å². The Morgan fingerprint density at radius 1 is 1.35 bits per heavy atom. The van der Waals surface area contributed by atoms with Crippen LogP contribution in [0.25, 0.3) is 6.08 Å². The molecule has 0 saturated carbocycles. The van der Waals surface area contributed by atoms with Crippen molar-refractivity contribution < 1.29 is 14.3 Å². The minimum atomic E-state index is -0.237. The molecule has 122 valence electrons. The fourth-order valence-electron chi connectivity index (χ4n) is 2.24. The minimum Gasteiger partial charge on any atom is -0.494 e. The number of hydrogen-bond donors (Lipinski definition) is 0. The molecule has 0 atom stereocenters. The first-order valence-electron chi connectivity index (χ1n) is 7.96. The Kier molecular flexibility index (Phi) is 6.64. The highest BCUT2D eigenvalue weighted by Gasteiger charge is 2.20. The highest BCUT2D eigenvalue weighted by atomic mass is 16.5. The van der Waals surface area contributed by atoms with Gasteiger partial charge in [0, 0.05) is 13.1 Å². The van der Waals surface area contributed by atoms with Crippen LogP contribution in [-0.4, -0.2) is 43.7 Å². The third kappa shape index (κ3) is 5.11. The first kappa shape index (κ1) is 17.0. The van der Waals surface area contributed by atoms with Crippen LogP contribution in [0.15, 0.2) is 29.8 Å². The highest BCUT2D eigenvalue weighted by molar-refractivity contribution is 6.01. The third-order valence-corrected chi connectivity index (χ3v) is 3.61. The zero-order valence-electron chi connectivity index (χ0n) is 13.5. The standard InChI is InChI=1S/C18H22N2O3/c1-2-3-10-23-17-6-4-15(5-7-17)13-16(14-19)18(21)20-8-11-22-12-9-20/h4-7,13H,2-3,8-12H2,1H3/b16-13+. The maximum atomic E-state index is 12.3. The molecule has 0 aliphatic carbocycles. The summed E-state index contributed by atoms with van der Waals surface area (Å²) in [6.45, 7) is 4.92. The van der Waals surface area contributed by atoms with Crippen molar-refractivity contribution in [3.05, 3.63) is 35.4 Å². The fraction of sp³-hybridized carbons (Fsp3) is 0.444. The van der Waals surface area contributed by atoms with Crippen molar-refractivity contribution in [1.82, 2.24) is 4.90 Å². The summed E-state index contributed by atoms with van der Waals surface area (Å²) in [5, 5.41) is 9.26. The van der Waals surface area contributed by atoms with Crippen LogP contribution in [-0.2, 0) is 9.53 Å². The number of nitriles is 1. The van der Waals surface area contributed by atoms with Crippen molar-refractivity contribution in [2.45, 2.75) is 19.8 Å². The zero-order valence-corrected chi connectivity index (χ0v) is 13.5. The maximum absolute atomic E-state index is 12.3. The molecular formula is C18H22N2O3. The van der Waals surface area contributed by atoms with Gasteiger partial charge in [-0.2, -0.15) is 5.26 Å². The lowest BCUT2D eigenvalue weighted by molar-refractivity contribution is -0.130. The lowest BCUT2D eigenvalue weighted by Crippen LogP contribution is -2.41. The molecule has 0 spiro atoms. The molecule has 0 aromatic heterocycles. The van der Waals surface area contributed by atoms with E-state index in [2.05, 4.69) is 6.92 Å². The van der Waals surface area contributed by atoms with Gasteiger partial charge in [0.2, 0.25) is 0 Å². The smallest absolute Gasteiger partial charge is 0.264 e. The zero-order chi connectivity index (χ0) is 16.5. The van der Waals surface area contributed by atoms with Gasteiger partial charge in [-0.25, -0.2) is 0 Å². The number of morpholine rings is 1. The Morgan fingerprint density at radius 3 is 2.65 bits per heavy atom. The van der Waals surface area contributed by atoms with Gasteiger partial charge in [0.05, 0.1) is 19.8 Å². The van der Waals surface area contributed by atoms with E-state index in [1.807, 2.05) is 30.3 Å². The average Bonchev–Trinajstić information content (AvgIpc) is 2.61. The molecule has 1 aromatic rings. The Balaban J connectivity index is 2.02. The Hall–Kier alpha value is -2.32. The lowest BCUT2D eigenvalue weighted by atomic mass is 10.1. The molecule has 1 heterocycles. The van der Waals surface area contributed by atoms with Crippen LogP contribution in [0, 0.1) is 11.3 Å². The number of benzene rings is 1. The third-order valence-electron chi connectivity index (χ3n) is 3.61. The Bertz CT molecular complexity index is 581. The molecule has 0 bridgehead atoms. The average molecular weight is 314 g/mol. The van der Waals surface area contributed by atoms with Crippen molar-refractivity contribution in [2.75, 3.05) is 32.9 Å². The molecular weight excluding hydrogens is 292 g/mol. The van der Waals surface area contributed by atoms with Gasteiger partial charge in [-0.05, 0) is 30.2 Å². The van der Waals surface area contributed by atoms with Crippen LogP contribution >= 0.6 is 0 Å². The predicted molar refractivity (Wildman–Crippen MR) is 87.8 cm³/mol. The predicted octanol–water partition coefficient (Wildman–Crippen LogP) is 2.63. The van der Waals surface area contributed by atoms with Crippen LogP contribution in [0.5, 0.6) is 5.75 Å². The number of amides is 1. The molecule has 1 saturated heterocycles. The topological polar surface area (TPSA) is 62.6 Å². The summed E-state index contributed by atoms with van der Waals surface area (Å²) >= 11 is 0. The summed E-state index contributed by atoms with van der Waals surface area (Å²) in [6, 6.07) is 9.42. The number of hydrogen-bond acceptors (Lipinski definition) is 4. The van der Waals surface area contributed by atoms with E-state index >= 15 is 0 Å². The van der Waals surface area contributed by atoms with E-state index in [1.54, 1.807) is 11.0 Å². The Morgan fingerprint density at radius 2 is 2.04 bits per heavy atom. The summed E-state index contributed by atoms with van der Waals surface area (Å²) in [5.74, 6) is 0.563. The van der Waals surface area contributed by atoms with E-state index in [-0.39, 0.29) is 11.5 Å². The number of unbranched alkanes of at least 4 members (excludes halogenated alkanes) is 1. The molecule has 0 radical (unpaired) electrons. The van der Waals surface area contributed by atoms with Gasteiger partial charge in [0.1, 0.15) is 17.4 Å². The second kappa shape index (κ2) is 8.96. The molecule has 5 heteroatoms. The molecule has 23 heavy (non-hydrogen) atoms. The lowest BCUT2D eigenvalue weighted by Gasteiger charge is -2.26. The first-order valence-corrected chi connectivity index (χ1v) is 7.96. The number of carbonyl (C=O) groups excluding carboxylic acids is 1. The number of rotatable bonds is 6. The van der Waals surface area contributed by atoms with Crippen LogP contribution < -0.4 is 4.74 Å². The highest BCUT2D eigenvalue weighted by Crippen LogP contribution is 2.16. The fourth-order valence-corrected chi connectivity index (χ4v) is 2.24. The number of carbonyl (C=O) groups is 1. The van der Waals surface area contributed by atoms with E-state index in [4.69, 9.17) is 9.47 Å². The van der Waals surface area contributed by atoms with Crippen molar-refractivity contribution in [1.29, 1.82) is 5.26 Å². The van der Waals surface area contributed by atoms with Crippen molar-refractivity contribution >= 4 is 12.0 Å². The number of ether oxygens (including phenoxy) is 2. The second-order valence-corrected chi connectivity index (χ2v) is 5.35. The molecule has 1 fully saturated rings. The van der Waals surface area contributed by atoms with E-state index in [1.165, 1.54) is 0 Å². The number of nitrogens with zero attached hydrogens (tertiary/aromatic N) is 2. The molecule has 1 aliphatic rings. The molecule has 1 amide bonds. The summed E-state index contributed by atoms with van der Waals surface area (Å²) in [7, 11) is 0. The van der Waals surface area contributed by atoms with Crippen LogP contribution in [0.4, 0.5) is 0 Å². The molecule has 1 aliphatic heterocycles. The normalized spacial score (nSPS) is 15.1. The van der Waals surface area contributed by atoms with Crippen LogP contribution in [0.3, 0.4) is 0 Å². The van der Waals surface area contributed by atoms with E-state index in [0.29, 0.717) is 32.9 Å².